The molecule has 32 heavy (non-hydrogen) atoms. The van der Waals surface area contributed by atoms with E-state index in [9.17, 15) is 0 Å². The average Bonchev–Trinajstić information content (AvgIpc) is 2.76. The lowest BCUT2D eigenvalue weighted by molar-refractivity contribution is 0.129. The minimum absolute atomic E-state index is 0.247. The number of aliphatic imine (C=N–C) groups is 1. The molecule has 2 heterocycles. The Balaban J connectivity index is 1.69. The number of hydrogen-bond donors (Lipinski definition) is 2. The Bertz CT molecular complexity index is 884. The van der Waals surface area contributed by atoms with E-state index in [1.807, 2.05) is 30.5 Å². The standard InChI is InChI=1S/C25H38N6O/c1-6-26-24(28-18-20-10-7-8-12-22(20)32-25(2,3)4)29-19-21-11-9-13-27-23(21)31-16-14-30(5)15-17-31/h7-13H,6,14-19H2,1-5H3,(H2,26,28,29). The third-order valence-electron chi connectivity index (χ3n) is 5.26. The Labute approximate surface area is 192 Å². The molecule has 1 aliphatic rings. The van der Waals surface area contributed by atoms with Crippen LogP contribution in [0.5, 0.6) is 5.75 Å². The summed E-state index contributed by atoms with van der Waals surface area (Å²) in [6.45, 7) is 14.4. The van der Waals surface area contributed by atoms with E-state index >= 15 is 0 Å². The van der Waals surface area contributed by atoms with Crippen LogP contribution in [0.4, 0.5) is 5.82 Å². The van der Waals surface area contributed by atoms with Gasteiger partial charge < -0.3 is 25.2 Å². The Morgan fingerprint density at radius 1 is 1.03 bits per heavy atom. The van der Waals surface area contributed by atoms with Crippen molar-refractivity contribution in [3.05, 3.63) is 53.7 Å². The van der Waals surface area contributed by atoms with Crippen LogP contribution in [0.25, 0.3) is 0 Å². The van der Waals surface area contributed by atoms with E-state index in [0.717, 1.165) is 55.8 Å². The molecule has 0 aliphatic carbocycles. The first-order valence-corrected chi connectivity index (χ1v) is 11.5. The molecule has 3 rings (SSSR count). The van der Waals surface area contributed by atoms with Gasteiger partial charge in [0, 0.05) is 56.6 Å². The zero-order valence-electron chi connectivity index (χ0n) is 20.2. The Hall–Kier alpha value is -2.80. The second-order valence-corrected chi connectivity index (χ2v) is 9.15. The zero-order chi connectivity index (χ0) is 23.0. The molecular weight excluding hydrogens is 400 g/mol. The number of anilines is 1. The highest BCUT2D eigenvalue weighted by Crippen LogP contribution is 2.24. The van der Waals surface area contributed by atoms with E-state index in [4.69, 9.17) is 9.73 Å². The van der Waals surface area contributed by atoms with Gasteiger partial charge in [0.25, 0.3) is 0 Å². The topological polar surface area (TPSA) is 65.0 Å². The van der Waals surface area contributed by atoms with Gasteiger partial charge in [0.05, 0.1) is 6.54 Å². The Kier molecular flexibility index (Phi) is 8.33. The number of benzene rings is 1. The molecule has 0 saturated carbocycles. The molecule has 0 atom stereocenters. The Morgan fingerprint density at radius 3 is 2.47 bits per heavy atom. The quantitative estimate of drug-likeness (QED) is 0.511. The summed E-state index contributed by atoms with van der Waals surface area (Å²) in [5.41, 5.74) is 2.00. The molecule has 7 heteroatoms. The van der Waals surface area contributed by atoms with Gasteiger partial charge in [0.2, 0.25) is 0 Å². The maximum Gasteiger partial charge on any atom is 0.191 e. The van der Waals surface area contributed by atoms with Gasteiger partial charge in [-0.05, 0) is 46.9 Å². The highest BCUT2D eigenvalue weighted by atomic mass is 16.5. The van der Waals surface area contributed by atoms with Crippen molar-refractivity contribution < 1.29 is 4.74 Å². The molecule has 1 aromatic heterocycles. The number of likely N-dealkylation sites (N-methyl/N-ethyl adjacent to an activating group) is 1. The van der Waals surface area contributed by atoms with Crippen molar-refractivity contribution in [2.45, 2.75) is 46.4 Å². The summed E-state index contributed by atoms with van der Waals surface area (Å²) in [5, 5.41) is 6.84. The van der Waals surface area contributed by atoms with Crippen molar-refractivity contribution in [1.29, 1.82) is 0 Å². The van der Waals surface area contributed by atoms with Crippen molar-refractivity contribution in [2.24, 2.45) is 4.99 Å². The highest BCUT2D eigenvalue weighted by molar-refractivity contribution is 5.80. The van der Waals surface area contributed by atoms with Gasteiger partial charge in [-0.3, -0.25) is 0 Å². The number of rotatable bonds is 7. The molecule has 0 spiro atoms. The van der Waals surface area contributed by atoms with Crippen LogP contribution in [0.2, 0.25) is 0 Å². The summed E-state index contributed by atoms with van der Waals surface area (Å²) >= 11 is 0. The molecule has 1 aliphatic heterocycles. The molecule has 1 fully saturated rings. The van der Waals surface area contributed by atoms with Crippen molar-refractivity contribution in [3.8, 4) is 5.75 Å². The smallest absolute Gasteiger partial charge is 0.191 e. The van der Waals surface area contributed by atoms with Crippen LogP contribution in [0.3, 0.4) is 0 Å². The van der Waals surface area contributed by atoms with E-state index in [0.29, 0.717) is 13.1 Å². The number of para-hydroxylation sites is 1. The third kappa shape index (κ3) is 7.12. The van der Waals surface area contributed by atoms with Crippen LogP contribution in [0.1, 0.15) is 38.8 Å². The number of nitrogens with one attached hydrogen (secondary N) is 2. The van der Waals surface area contributed by atoms with Crippen LogP contribution >= 0.6 is 0 Å². The molecule has 2 aromatic rings. The minimum atomic E-state index is -0.247. The summed E-state index contributed by atoms with van der Waals surface area (Å²) in [6, 6.07) is 12.2. The van der Waals surface area contributed by atoms with E-state index in [-0.39, 0.29) is 5.60 Å². The monoisotopic (exact) mass is 438 g/mol. The number of pyridine rings is 1. The van der Waals surface area contributed by atoms with Gasteiger partial charge >= 0.3 is 0 Å². The second-order valence-electron chi connectivity index (χ2n) is 9.15. The van der Waals surface area contributed by atoms with Gasteiger partial charge in [-0.25, -0.2) is 9.98 Å². The fraction of sp³-hybridized carbons (Fsp3) is 0.520. The minimum Gasteiger partial charge on any atom is -0.488 e. The first-order chi connectivity index (χ1) is 15.4. The van der Waals surface area contributed by atoms with Crippen molar-refractivity contribution in [1.82, 2.24) is 20.5 Å². The maximum absolute atomic E-state index is 6.12. The van der Waals surface area contributed by atoms with Crippen molar-refractivity contribution in [3.63, 3.8) is 0 Å². The lowest BCUT2D eigenvalue weighted by atomic mass is 10.1. The van der Waals surface area contributed by atoms with E-state index in [2.05, 4.69) is 72.3 Å². The first-order valence-electron chi connectivity index (χ1n) is 11.5. The molecular formula is C25H38N6O. The van der Waals surface area contributed by atoms with Crippen LogP contribution in [0.15, 0.2) is 47.6 Å². The molecule has 7 nitrogen and oxygen atoms in total. The number of guanidine groups is 1. The lowest BCUT2D eigenvalue weighted by Crippen LogP contribution is -2.45. The lowest BCUT2D eigenvalue weighted by Gasteiger charge is -2.34. The average molecular weight is 439 g/mol. The zero-order valence-corrected chi connectivity index (χ0v) is 20.2. The van der Waals surface area contributed by atoms with Crippen molar-refractivity contribution in [2.75, 3.05) is 44.7 Å². The van der Waals surface area contributed by atoms with Crippen LogP contribution in [-0.2, 0) is 13.1 Å². The van der Waals surface area contributed by atoms with Gasteiger partial charge in [0.15, 0.2) is 5.96 Å². The summed E-state index contributed by atoms with van der Waals surface area (Å²) in [6.07, 6.45) is 1.88. The summed E-state index contributed by atoms with van der Waals surface area (Å²) in [4.78, 5) is 14.2. The van der Waals surface area contributed by atoms with Gasteiger partial charge in [-0.1, -0.05) is 24.3 Å². The van der Waals surface area contributed by atoms with Gasteiger partial charge in [0.1, 0.15) is 17.2 Å². The number of nitrogens with zero attached hydrogens (tertiary/aromatic N) is 4. The highest BCUT2D eigenvalue weighted by Gasteiger charge is 2.18. The van der Waals surface area contributed by atoms with E-state index in [1.54, 1.807) is 0 Å². The molecule has 0 unspecified atom stereocenters. The maximum atomic E-state index is 6.12. The van der Waals surface area contributed by atoms with Gasteiger partial charge in [-0.15, -0.1) is 0 Å². The fourth-order valence-electron chi connectivity index (χ4n) is 3.62. The molecule has 1 saturated heterocycles. The fourth-order valence-corrected chi connectivity index (χ4v) is 3.62. The number of piperazine rings is 1. The SMILES string of the molecule is CCNC(=NCc1ccccc1OC(C)(C)C)NCc1cccnc1N1CCN(C)CC1. The molecule has 174 valence electrons. The molecule has 0 radical (unpaired) electrons. The molecule has 2 N–H and O–H groups in total. The Morgan fingerprint density at radius 2 is 1.75 bits per heavy atom. The van der Waals surface area contributed by atoms with Gasteiger partial charge in [-0.2, -0.15) is 0 Å². The third-order valence-corrected chi connectivity index (χ3v) is 5.26. The predicted molar refractivity (Wildman–Crippen MR) is 132 cm³/mol. The normalized spacial score (nSPS) is 15.5. The number of aromatic nitrogens is 1. The van der Waals surface area contributed by atoms with Crippen molar-refractivity contribution >= 4 is 11.8 Å². The number of hydrogen-bond acceptors (Lipinski definition) is 5. The molecule has 0 bridgehead atoms. The molecule has 1 aromatic carbocycles. The van der Waals surface area contributed by atoms with Crippen LogP contribution < -0.4 is 20.3 Å². The van der Waals surface area contributed by atoms with Crippen LogP contribution in [-0.4, -0.2) is 61.2 Å². The summed E-state index contributed by atoms with van der Waals surface area (Å²) in [7, 11) is 2.17. The van der Waals surface area contributed by atoms with Crippen LogP contribution in [0, 0.1) is 0 Å². The molecule has 0 amide bonds. The predicted octanol–water partition coefficient (Wildman–Crippen LogP) is 3.27. The summed E-state index contributed by atoms with van der Waals surface area (Å²) in [5.74, 6) is 2.73. The number of ether oxygens (including phenoxy) is 1. The summed E-state index contributed by atoms with van der Waals surface area (Å²) < 4.78 is 6.12. The largest absolute Gasteiger partial charge is 0.488 e. The van der Waals surface area contributed by atoms with E-state index in [1.165, 1.54) is 5.56 Å². The first kappa shape index (κ1) is 23.9. The van der Waals surface area contributed by atoms with E-state index < -0.39 is 0 Å². The second kappa shape index (κ2) is 11.2.